The van der Waals surface area contributed by atoms with Crippen LogP contribution in [0.4, 0.5) is 9.18 Å². The number of methoxy groups -OCH3 is 1. The predicted octanol–water partition coefficient (Wildman–Crippen LogP) is 1.89. The molecule has 3 amide bonds. The highest BCUT2D eigenvalue weighted by atomic mass is 19.1. The molecule has 0 radical (unpaired) electrons. The van der Waals surface area contributed by atoms with Gasteiger partial charge in [0.05, 0.1) is 13.7 Å². The Morgan fingerprint density at radius 3 is 2.61 bits per heavy atom. The zero-order chi connectivity index (χ0) is 17.2. The number of urea groups is 1. The van der Waals surface area contributed by atoms with Crippen LogP contribution in [0.25, 0.3) is 0 Å². The third-order valence-corrected chi connectivity index (χ3v) is 3.23. The number of benzene rings is 1. The molecule has 0 aliphatic carbocycles. The highest BCUT2D eigenvalue weighted by Gasteiger charge is 2.13. The van der Waals surface area contributed by atoms with Gasteiger partial charge in [-0.2, -0.15) is 0 Å². The molecule has 0 bridgehead atoms. The van der Waals surface area contributed by atoms with Gasteiger partial charge in [-0.1, -0.05) is 19.9 Å². The first-order valence-corrected chi connectivity index (χ1v) is 7.62. The SMILES string of the molecule is CCCNC(=O)NC(=O)CN(CC)Cc1ccc(OC)c(F)c1. The Kier molecular flexibility index (Phi) is 8.04. The van der Waals surface area contributed by atoms with Gasteiger partial charge in [-0.25, -0.2) is 9.18 Å². The van der Waals surface area contributed by atoms with Crippen LogP contribution in [0.15, 0.2) is 18.2 Å². The first-order chi connectivity index (χ1) is 11.0. The predicted molar refractivity (Wildman–Crippen MR) is 85.7 cm³/mol. The maximum atomic E-state index is 13.7. The van der Waals surface area contributed by atoms with Crippen molar-refractivity contribution < 1.29 is 18.7 Å². The zero-order valence-corrected chi connectivity index (χ0v) is 13.8. The first-order valence-electron chi connectivity index (χ1n) is 7.62. The number of hydrogen-bond acceptors (Lipinski definition) is 4. The van der Waals surface area contributed by atoms with Crippen molar-refractivity contribution in [1.29, 1.82) is 0 Å². The van der Waals surface area contributed by atoms with Gasteiger partial charge in [0, 0.05) is 13.1 Å². The average Bonchev–Trinajstić information content (AvgIpc) is 2.52. The summed E-state index contributed by atoms with van der Waals surface area (Å²) in [6.45, 7) is 5.39. The van der Waals surface area contributed by atoms with E-state index in [4.69, 9.17) is 4.74 Å². The third kappa shape index (κ3) is 6.65. The van der Waals surface area contributed by atoms with Crippen molar-refractivity contribution in [2.24, 2.45) is 0 Å². The Morgan fingerprint density at radius 1 is 1.30 bits per heavy atom. The van der Waals surface area contributed by atoms with Crippen LogP contribution in [0.2, 0.25) is 0 Å². The van der Waals surface area contributed by atoms with Crippen LogP contribution >= 0.6 is 0 Å². The molecule has 0 unspecified atom stereocenters. The van der Waals surface area contributed by atoms with E-state index in [1.165, 1.54) is 13.2 Å². The lowest BCUT2D eigenvalue weighted by molar-refractivity contribution is -0.121. The average molecular weight is 325 g/mol. The number of likely N-dealkylation sites (N-methyl/N-ethyl adjacent to an activating group) is 1. The molecule has 0 aliphatic heterocycles. The topological polar surface area (TPSA) is 70.7 Å². The van der Waals surface area contributed by atoms with Crippen LogP contribution < -0.4 is 15.4 Å². The monoisotopic (exact) mass is 325 g/mol. The van der Waals surface area contributed by atoms with Gasteiger partial charge in [0.1, 0.15) is 0 Å². The van der Waals surface area contributed by atoms with E-state index in [9.17, 15) is 14.0 Å². The van der Waals surface area contributed by atoms with E-state index in [1.807, 2.05) is 18.7 Å². The Bertz CT molecular complexity index is 537. The van der Waals surface area contributed by atoms with Crippen molar-refractivity contribution in [2.75, 3.05) is 26.7 Å². The third-order valence-electron chi connectivity index (χ3n) is 3.23. The van der Waals surface area contributed by atoms with Crippen molar-refractivity contribution in [3.8, 4) is 5.75 Å². The van der Waals surface area contributed by atoms with Crippen molar-refractivity contribution in [1.82, 2.24) is 15.5 Å². The summed E-state index contributed by atoms with van der Waals surface area (Å²) in [5.74, 6) is -0.652. The molecule has 0 aromatic heterocycles. The number of hydrogen-bond donors (Lipinski definition) is 2. The summed E-state index contributed by atoms with van der Waals surface area (Å²) in [4.78, 5) is 25.1. The second kappa shape index (κ2) is 9.78. The van der Waals surface area contributed by atoms with Gasteiger partial charge in [-0.05, 0) is 30.7 Å². The number of nitrogens with zero attached hydrogens (tertiary/aromatic N) is 1. The van der Waals surface area contributed by atoms with Gasteiger partial charge in [0.25, 0.3) is 0 Å². The van der Waals surface area contributed by atoms with E-state index in [0.29, 0.717) is 19.6 Å². The van der Waals surface area contributed by atoms with E-state index in [1.54, 1.807) is 12.1 Å². The molecule has 0 spiro atoms. The smallest absolute Gasteiger partial charge is 0.321 e. The largest absolute Gasteiger partial charge is 0.494 e. The molecule has 1 aromatic rings. The Balaban J connectivity index is 2.55. The van der Waals surface area contributed by atoms with Crippen molar-refractivity contribution in [2.45, 2.75) is 26.8 Å². The molecule has 1 rings (SSSR count). The standard InChI is InChI=1S/C16H24FN3O3/c1-4-8-18-16(22)19-15(21)11-20(5-2)10-12-6-7-14(23-3)13(17)9-12/h6-7,9H,4-5,8,10-11H2,1-3H3,(H2,18,19,21,22). The molecule has 0 aliphatic rings. The summed E-state index contributed by atoms with van der Waals surface area (Å²) >= 11 is 0. The number of halogens is 1. The van der Waals surface area contributed by atoms with Crippen LogP contribution in [0.5, 0.6) is 5.75 Å². The van der Waals surface area contributed by atoms with Crippen LogP contribution in [0, 0.1) is 5.82 Å². The number of imide groups is 1. The van der Waals surface area contributed by atoms with Crippen LogP contribution in [0.1, 0.15) is 25.8 Å². The number of carbonyl (C=O) groups is 2. The number of ether oxygens (including phenoxy) is 1. The van der Waals surface area contributed by atoms with Crippen molar-refractivity contribution in [3.05, 3.63) is 29.6 Å². The highest BCUT2D eigenvalue weighted by molar-refractivity contribution is 5.95. The number of carbonyl (C=O) groups excluding carboxylic acids is 2. The van der Waals surface area contributed by atoms with E-state index in [2.05, 4.69) is 10.6 Å². The van der Waals surface area contributed by atoms with Gasteiger partial charge in [0.2, 0.25) is 5.91 Å². The molecule has 128 valence electrons. The Morgan fingerprint density at radius 2 is 2.04 bits per heavy atom. The number of rotatable bonds is 8. The van der Waals surface area contributed by atoms with Crippen LogP contribution in [-0.2, 0) is 11.3 Å². The lowest BCUT2D eigenvalue weighted by Gasteiger charge is -2.20. The molecule has 6 nitrogen and oxygen atoms in total. The fraction of sp³-hybridized carbons (Fsp3) is 0.500. The summed E-state index contributed by atoms with van der Waals surface area (Å²) < 4.78 is 18.6. The lowest BCUT2D eigenvalue weighted by atomic mass is 10.2. The summed E-state index contributed by atoms with van der Waals surface area (Å²) in [5.41, 5.74) is 0.730. The molecule has 23 heavy (non-hydrogen) atoms. The summed E-state index contributed by atoms with van der Waals surface area (Å²) in [7, 11) is 1.41. The van der Waals surface area contributed by atoms with Gasteiger partial charge in [0.15, 0.2) is 11.6 Å². The molecule has 7 heteroatoms. The van der Waals surface area contributed by atoms with Gasteiger partial charge in [-0.3, -0.25) is 15.0 Å². The fourth-order valence-electron chi connectivity index (χ4n) is 2.00. The molecule has 0 atom stereocenters. The molecule has 2 N–H and O–H groups in total. The second-order valence-electron chi connectivity index (χ2n) is 5.08. The number of amides is 3. The molecule has 1 aromatic carbocycles. The Hall–Kier alpha value is -2.15. The summed E-state index contributed by atoms with van der Waals surface area (Å²) in [6.07, 6.45) is 0.797. The lowest BCUT2D eigenvalue weighted by Crippen LogP contribution is -2.44. The van der Waals surface area contributed by atoms with E-state index >= 15 is 0 Å². The normalized spacial score (nSPS) is 10.5. The van der Waals surface area contributed by atoms with E-state index < -0.39 is 17.8 Å². The summed E-state index contributed by atoms with van der Waals surface area (Å²) in [6, 6.07) is 4.18. The maximum absolute atomic E-state index is 13.7. The molecule has 0 saturated heterocycles. The molecule has 0 heterocycles. The minimum atomic E-state index is -0.497. The van der Waals surface area contributed by atoms with Gasteiger partial charge >= 0.3 is 6.03 Å². The molecule has 0 fully saturated rings. The molecule has 0 saturated carbocycles. The van der Waals surface area contributed by atoms with Gasteiger partial charge in [-0.15, -0.1) is 0 Å². The number of nitrogens with one attached hydrogen (secondary N) is 2. The first kappa shape index (κ1) is 18.9. The van der Waals surface area contributed by atoms with E-state index in [0.717, 1.165) is 12.0 Å². The van der Waals surface area contributed by atoms with Gasteiger partial charge < -0.3 is 10.1 Å². The van der Waals surface area contributed by atoms with E-state index in [-0.39, 0.29) is 12.3 Å². The maximum Gasteiger partial charge on any atom is 0.321 e. The fourth-order valence-corrected chi connectivity index (χ4v) is 2.00. The van der Waals surface area contributed by atoms with Crippen molar-refractivity contribution >= 4 is 11.9 Å². The highest BCUT2D eigenvalue weighted by Crippen LogP contribution is 2.18. The van der Waals surface area contributed by atoms with Crippen LogP contribution in [-0.4, -0.2) is 43.6 Å². The Labute approximate surface area is 136 Å². The van der Waals surface area contributed by atoms with Crippen molar-refractivity contribution in [3.63, 3.8) is 0 Å². The molecular formula is C16H24FN3O3. The minimum Gasteiger partial charge on any atom is -0.494 e. The minimum absolute atomic E-state index is 0.0592. The zero-order valence-electron chi connectivity index (χ0n) is 13.8. The summed E-state index contributed by atoms with van der Waals surface area (Å²) in [5, 5.41) is 4.84. The second-order valence-corrected chi connectivity index (χ2v) is 5.08. The quantitative estimate of drug-likeness (QED) is 0.766. The van der Waals surface area contributed by atoms with Crippen LogP contribution in [0.3, 0.4) is 0 Å². The molecular weight excluding hydrogens is 301 g/mol.